The summed E-state index contributed by atoms with van der Waals surface area (Å²) in [7, 11) is 0. The van der Waals surface area contributed by atoms with Crippen LogP contribution in [0, 0.1) is 0 Å². The number of carbonyl (C=O) groups is 1. The summed E-state index contributed by atoms with van der Waals surface area (Å²) < 4.78 is 5.30. The Morgan fingerprint density at radius 1 is 1.38 bits per heavy atom. The monoisotopic (exact) mass is 175 g/mol. The topological polar surface area (TPSA) is 42.2 Å². The van der Waals surface area contributed by atoms with Gasteiger partial charge in [0.05, 0.1) is 12.8 Å². The van der Waals surface area contributed by atoms with Crippen molar-refractivity contribution in [2.75, 3.05) is 0 Å². The Hall–Kier alpha value is -1.77. The highest BCUT2D eigenvalue weighted by Crippen LogP contribution is 2.19. The van der Waals surface area contributed by atoms with Crippen molar-refractivity contribution in [2.24, 2.45) is 0 Å². The number of hydrogen-bond donors (Lipinski definition) is 1. The van der Waals surface area contributed by atoms with Gasteiger partial charge in [0, 0.05) is 10.8 Å². The van der Waals surface area contributed by atoms with Crippen LogP contribution in [0.15, 0.2) is 34.9 Å². The van der Waals surface area contributed by atoms with Crippen LogP contribution in [0.2, 0.25) is 0 Å². The van der Waals surface area contributed by atoms with Crippen LogP contribution in [0.5, 0.6) is 0 Å². The van der Waals surface area contributed by atoms with Crippen molar-refractivity contribution in [3.05, 3.63) is 36.3 Å². The molecule has 0 atom stereocenters. The lowest BCUT2D eigenvalue weighted by molar-refractivity contribution is -0.109. The maximum absolute atomic E-state index is 10.1. The molecular weight excluding hydrogens is 166 g/mol. The second-order valence-corrected chi connectivity index (χ2v) is 2.74. The number of furan rings is 1. The standard InChI is InChI=1S/C10H9NO2/c12-7-11-5-10-9-4-2-1-3-8(9)6-13-10/h1-4,6-7H,5H2,(H,11,12). The number of benzene rings is 1. The molecule has 1 aromatic carbocycles. The summed E-state index contributed by atoms with van der Waals surface area (Å²) in [6, 6.07) is 7.85. The third-order valence-corrected chi connectivity index (χ3v) is 1.94. The van der Waals surface area contributed by atoms with Gasteiger partial charge < -0.3 is 9.73 Å². The Bertz CT molecular complexity index is 420. The molecule has 0 fully saturated rings. The van der Waals surface area contributed by atoms with Crippen LogP contribution in [0.25, 0.3) is 10.8 Å². The largest absolute Gasteiger partial charge is 0.466 e. The second-order valence-electron chi connectivity index (χ2n) is 2.74. The minimum atomic E-state index is 0.441. The van der Waals surface area contributed by atoms with E-state index in [4.69, 9.17) is 4.42 Å². The van der Waals surface area contributed by atoms with Crippen LogP contribution in [-0.4, -0.2) is 6.41 Å². The normalized spacial score (nSPS) is 10.2. The van der Waals surface area contributed by atoms with E-state index >= 15 is 0 Å². The fourth-order valence-electron chi connectivity index (χ4n) is 1.32. The quantitative estimate of drug-likeness (QED) is 0.721. The highest BCUT2D eigenvalue weighted by molar-refractivity contribution is 5.84. The van der Waals surface area contributed by atoms with E-state index in [-0.39, 0.29) is 0 Å². The molecule has 13 heavy (non-hydrogen) atoms. The molecule has 0 saturated carbocycles. The Labute approximate surface area is 75.3 Å². The molecule has 1 N–H and O–H groups in total. The molecule has 1 heterocycles. The van der Waals surface area contributed by atoms with Gasteiger partial charge in [0.2, 0.25) is 6.41 Å². The molecule has 0 spiro atoms. The molecule has 0 aliphatic carbocycles. The first-order valence-corrected chi connectivity index (χ1v) is 4.04. The van der Waals surface area contributed by atoms with Crippen LogP contribution >= 0.6 is 0 Å². The zero-order valence-electron chi connectivity index (χ0n) is 6.99. The number of fused-ring (bicyclic) bond motifs is 1. The lowest BCUT2D eigenvalue weighted by Crippen LogP contribution is -2.08. The number of rotatable bonds is 3. The van der Waals surface area contributed by atoms with E-state index in [2.05, 4.69) is 5.32 Å². The molecule has 0 aliphatic heterocycles. The van der Waals surface area contributed by atoms with Crippen LogP contribution in [0.1, 0.15) is 5.76 Å². The van der Waals surface area contributed by atoms with E-state index in [0.717, 1.165) is 16.5 Å². The van der Waals surface area contributed by atoms with E-state index in [1.807, 2.05) is 24.3 Å². The molecule has 0 bridgehead atoms. The van der Waals surface area contributed by atoms with E-state index in [1.54, 1.807) is 6.26 Å². The predicted octanol–water partition coefficient (Wildman–Crippen LogP) is 1.68. The summed E-state index contributed by atoms with van der Waals surface area (Å²) in [4.78, 5) is 10.1. The summed E-state index contributed by atoms with van der Waals surface area (Å²) in [5, 5.41) is 4.68. The zero-order chi connectivity index (χ0) is 9.10. The van der Waals surface area contributed by atoms with Crippen molar-refractivity contribution in [2.45, 2.75) is 6.54 Å². The zero-order valence-corrected chi connectivity index (χ0v) is 6.99. The lowest BCUT2D eigenvalue weighted by atomic mass is 10.2. The first kappa shape index (κ1) is 7.86. The number of amides is 1. The third kappa shape index (κ3) is 1.40. The number of carbonyl (C=O) groups excluding carboxylic acids is 1. The molecule has 2 rings (SSSR count). The first-order valence-electron chi connectivity index (χ1n) is 4.04. The van der Waals surface area contributed by atoms with Crippen LogP contribution in [0.3, 0.4) is 0 Å². The van der Waals surface area contributed by atoms with Crippen LogP contribution in [-0.2, 0) is 11.3 Å². The van der Waals surface area contributed by atoms with Gasteiger partial charge in [-0.1, -0.05) is 24.3 Å². The third-order valence-electron chi connectivity index (χ3n) is 1.94. The van der Waals surface area contributed by atoms with Crippen molar-refractivity contribution in [3.63, 3.8) is 0 Å². The van der Waals surface area contributed by atoms with Gasteiger partial charge in [0.1, 0.15) is 5.76 Å². The minimum absolute atomic E-state index is 0.441. The van der Waals surface area contributed by atoms with Crippen molar-refractivity contribution < 1.29 is 9.21 Å². The fourth-order valence-corrected chi connectivity index (χ4v) is 1.32. The van der Waals surface area contributed by atoms with Crippen molar-refractivity contribution in [3.8, 4) is 0 Å². The molecule has 1 aromatic heterocycles. The van der Waals surface area contributed by atoms with E-state index in [1.165, 1.54) is 0 Å². The maximum atomic E-state index is 10.1. The van der Waals surface area contributed by atoms with Gasteiger partial charge in [-0.2, -0.15) is 0 Å². The fraction of sp³-hybridized carbons (Fsp3) is 0.100. The first-order chi connectivity index (χ1) is 6.42. The smallest absolute Gasteiger partial charge is 0.207 e. The summed E-state index contributed by atoms with van der Waals surface area (Å²) in [5.41, 5.74) is 0. The van der Waals surface area contributed by atoms with Gasteiger partial charge in [-0.3, -0.25) is 4.79 Å². The van der Waals surface area contributed by atoms with Crippen molar-refractivity contribution in [1.29, 1.82) is 0 Å². The van der Waals surface area contributed by atoms with Gasteiger partial charge >= 0.3 is 0 Å². The second kappa shape index (κ2) is 3.31. The average Bonchev–Trinajstić information content (AvgIpc) is 2.58. The van der Waals surface area contributed by atoms with Gasteiger partial charge in [-0.15, -0.1) is 0 Å². The molecule has 0 unspecified atom stereocenters. The summed E-state index contributed by atoms with van der Waals surface area (Å²) >= 11 is 0. The molecule has 2 aromatic rings. The van der Waals surface area contributed by atoms with Crippen LogP contribution < -0.4 is 5.32 Å². The predicted molar refractivity (Wildman–Crippen MR) is 49.1 cm³/mol. The van der Waals surface area contributed by atoms with E-state index in [0.29, 0.717) is 13.0 Å². The summed E-state index contributed by atoms with van der Waals surface area (Å²) in [5.74, 6) is 0.794. The highest BCUT2D eigenvalue weighted by atomic mass is 16.3. The average molecular weight is 175 g/mol. The number of nitrogens with one attached hydrogen (secondary N) is 1. The van der Waals surface area contributed by atoms with Gasteiger partial charge in [-0.25, -0.2) is 0 Å². The Morgan fingerprint density at radius 2 is 2.23 bits per heavy atom. The molecule has 1 amide bonds. The van der Waals surface area contributed by atoms with Gasteiger partial charge in [0.25, 0.3) is 0 Å². The molecule has 0 saturated heterocycles. The molecule has 66 valence electrons. The van der Waals surface area contributed by atoms with E-state index < -0.39 is 0 Å². The maximum Gasteiger partial charge on any atom is 0.207 e. The minimum Gasteiger partial charge on any atom is -0.466 e. The molecule has 0 aliphatic rings. The van der Waals surface area contributed by atoms with Crippen molar-refractivity contribution >= 4 is 17.2 Å². The van der Waals surface area contributed by atoms with Gasteiger partial charge in [-0.05, 0) is 0 Å². The van der Waals surface area contributed by atoms with Crippen LogP contribution in [0.4, 0.5) is 0 Å². The summed E-state index contributed by atoms with van der Waals surface area (Å²) in [6.45, 7) is 0.441. The molecule has 3 heteroatoms. The number of hydrogen-bond acceptors (Lipinski definition) is 2. The molecular formula is C10H9NO2. The summed E-state index contributed by atoms with van der Waals surface area (Å²) in [6.07, 6.45) is 2.36. The Morgan fingerprint density at radius 3 is 3.08 bits per heavy atom. The van der Waals surface area contributed by atoms with Crippen molar-refractivity contribution in [1.82, 2.24) is 5.32 Å². The Balaban J connectivity index is 2.40. The van der Waals surface area contributed by atoms with E-state index in [9.17, 15) is 4.79 Å². The Kier molecular flexibility index (Phi) is 2.00. The van der Waals surface area contributed by atoms with Gasteiger partial charge in [0.15, 0.2) is 0 Å². The lowest BCUT2D eigenvalue weighted by Gasteiger charge is -1.94. The molecule has 3 nitrogen and oxygen atoms in total. The molecule has 0 radical (unpaired) electrons. The SMILES string of the molecule is O=CNCc1occ2ccccc12. The highest BCUT2D eigenvalue weighted by Gasteiger charge is 2.03.